The van der Waals surface area contributed by atoms with E-state index in [2.05, 4.69) is 26.1 Å². The third-order valence-corrected chi connectivity index (χ3v) is 4.05. The molecule has 25 heavy (non-hydrogen) atoms. The molecule has 2 aromatic carbocycles. The van der Waals surface area contributed by atoms with Gasteiger partial charge in [0.2, 0.25) is 0 Å². The summed E-state index contributed by atoms with van der Waals surface area (Å²) in [6, 6.07) is 11.8. The quantitative estimate of drug-likeness (QED) is 0.842. The second kappa shape index (κ2) is 7.89. The van der Waals surface area contributed by atoms with E-state index in [-0.39, 0.29) is 12.0 Å². The molecule has 0 aliphatic rings. The van der Waals surface area contributed by atoms with Crippen LogP contribution >= 0.6 is 23.2 Å². The topological polar surface area (TPSA) is 55.4 Å². The van der Waals surface area contributed by atoms with Gasteiger partial charge in [-0.2, -0.15) is 0 Å². The van der Waals surface area contributed by atoms with Gasteiger partial charge < -0.3 is 4.74 Å². The maximum atomic E-state index is 12.1. The van der Waals surface area contributed by atoms with Gasteiger partial charge in [-0.1, -0.05) is 56.1 Å². The van der Waals surface area contributed by atoms with Crippen molar-refractivity contribution in [3.8, 4) is 5.75 Å². The van der Waals surface area contributed by atoms with E-state index in [9.17, 15) is 9.59 Å². The van der Waals surface area contributed by atoms with Gasteiger partial charge in [0.15, 0.2) is 6.61 Å². The standard InChI is InChI=1S/C19H19Cl2NO3/c1-19(2,3)13-6-4-12(5-7-13)18(24)22-17(23)11-25-16-9-8-14(20)10-15(16)21/h4-10H,11H2,1-3H3,(H,22,23,24). The molecule has 0 unspecified atom stereocenters. The van der Waals surface area contributed by atoms with Crippen LogP contribution in [0, 0.1) is 0 Å². The average Bonchev–Trinajstić information content (AvgIpc) is 2.53. The van der Waals surface area contributed by atoms with Crippen LogP contribution in [0.1, 0.15) is 36.7 Å². The Labute approximate surface area is 157 Å². The highest BCUT2D eigenvalue weighted by Gasteiger charge is 2.16. The lowest BCUT2D eigenvalue weighted by atomic mass is 9.87. The molecule has 1 N–H and O–H groups in total. The largest absolute Gasteiger partial charge is 0.482 e. The van der Waals surface area contributed by atoms with Crippen molar-refractivity contribution in [3.05, 3.63) is 63.6 Å². The van der Waals surface area contributed by atoms with Crippen molar-refractivity contribution < 1.29 is 14.3 Å². The highest BCUT2D eigenvalue weighted by atomic mass is 35.5. The predicted octanol–water partition coefficient (Wildman–Crippen LogP) is 4.63. The first-order valence-corrected chi connectivity index (χ1v) is 8.45. The number of nitrogens with one attached hydrogen (secondary N) is 1. The maximum Gasteiger partial charge on any atom is 0.264 e. The van der Waals surface area contributed by atoms with Crippen molar-refractivity contribution >= 4 is 35.0 Å². The van der Waals surface area contributed by atoms with Crippen LogP contribution in [0.5, 0.6) is 5.75 Å². The van der Waals surface area contributed by atoms with Crippen molar-refractivity contribution in [2.24, 2.45) is 0 Å². The molecule has 0 aliphatic carbocycles. The monoisotopic (exact) mass is 379 g/mol. The SMILES string of the molecule is CC(C)(C)c1ccc(C(=O)NC(=O)COc2ccc(Cl)cc2Cl)cc1. The number of imide groups is 1. The van der Waals surface area contributed by atoms with E-state index in [1.165, 1.54) is 6.07 Å². The minimum Gasteiger partial charge on any atom is -0.482 e. The summed E-state index contributed by atoms with van der Waals surface area (Å²) in [6.07, 6.45) is 0. The van der Waals surface area contributed by atoms with Crippen LogP contribution in [0.15, 0.2) is 42.5 Å². The van der Waals surface area contributed by atoms with E-state index in [0.29, 0.717) is 21.4 Å². The Balaban J connectivity index is 1.92. The number of carbonyl (C=O) groups excluding carboxylic acids is 2. The van der Waals surface area contributed by atoms with Crippen molar-refractivity contribution in [1.82, 2.24) is 5.32 Å². The number of rotatable bonds is 4. The Hall–Kier alpha value is -2.04. The van der Waals surface area contributed by atoms with Crippen LogP contribution in [0.25, 0.3) is 0 Å². The lowest BCUT2D eigenvalue weighted by Crippen LogP contribution is -2.34. The molecule has 0 aromatic heterocycles. The fourth-order valence-corrected chi connectivity index (χ4v) is 2.56. The molecule has 0 spiro atoms. The number of benzene rings is 2. The third kappa shape index (κ3) is 5.48. The molecular weight excluding hydrogens is 361 g/mol. The van der Waals surface area contributed by atoms with Gasteiger partial charge in [0, 0.05) is 10.6 Å². The Kier molecular flexibility index (Phi) is 6.09. The molecule has 2 rings (SSSR count). The van der Waals surface area contributed by atoms with E-state index < -0.39 is 11.8 Å². The zero-order valence-electron chi connectivity index (χ0n) is 14.2. The van der Waals surface area contributed by atoms with Crippen LogP contribution in [0.2, 0.25) is 10.0 Å². The fraction of sp³-hybridized carbons (Fsp3) is 0.263. The Morgan fingerprint density at radius 3 is 2.24 bits per heavy atom. The van der Waals surface area contributed by atoms with Crippen molar-refractivity contribution in [1.29, 1.82) is 0 Å². The second-order valence-corrected chi connectivity index (χ2v) is 7.41. The molecule has 132 valence electrons. The first kappa shape index (κ1) is 19.3. The molecule has 0 radical (unpaired) electrons. The van der Waals surface area contributed by atoms with E-state index in [0.717, 1.165) is 5.56 Å². The average molecular weight is 380 g/mol. The summed E-state index contributed by atoms with van der Waals surface area (Å²) in [5, 5.41) is 3.05. The Bertz CT molecular complexity index is 780. The molecular formula is C19H19Cl2NO3. The lowest BCUT2D eigenvalue weighted by molar-refractivity contribution is -0.122. The van der Waals surface area contributed by atoms with Gasteiger partial charge in [0.05, 0.1) is 5.02 Å². The highest BCUT2D eigenvalue weighted by Crippen LogP contribution is 2.27. The zero-order chi connectivity index (χ0) is 18.6. The molecule has 0 heterocycles. The van der Waals surface area contributed by atoms with Gasteiger partial charge in [-0.05, 0) is 41.3 Å². The van der Waals surface area contributed by atoms with Crippen LogP contribution in [-0.2, 0) is 10.2 Å². The maximum absolute atomic E-state index is 12.1. The van der Waals surface area contributed by atoms with Crippen molar-refractivity contribution in [2.45, 2.75) is 26.2 Å². The number of hydrogen-bond donors (Lipinski definition) is 1. The highest BCUT2D eigenvalue weighted by molar-refractivity contribution is 6.35. The summed E-state index contributed by atoms with van der Waals surface area (Å²) in [6.45, 7) is 5.94. The summed E-state index contributed by atoms with van der Waals surface area (Å²) in [7, 11) is 0. The van der Waals surface area contributed by atoms with Crippen LogP contribution in [0.4, 0.5) is 0 Å². The molecule has 0 saturated carbocycles. The first-order chi connectivity index (χ1) is 11.7. The lowest BCUT2D eigenvalue weighted by Gasteiger charge is -2.19. The third-order valence-electron chi connectivity index (χ3n) is 3.52. The molecule has 2 aromatic rings. The van der Waals surface area contributed by atoms with E-state index >= 15 is 0 Å². The van der Waals surface area contributed by atoms with Gasteiger partial charge in [0.25, 0.3) is 11.8 Å². The minimum absolute atomic E-state index is 0.00346. The summed E-state index contributed by atoms with van der Waals surface area (Å²) >= 11 is 11.7. The van der Waals surface area contributed by atoms with Gasteiger partial charge in [-0.25, -0.2) is 0 Å². The summed E-state index contributed by atoms with van der Waals surface area (Å²) in [4.78, 5) is 24.0. The summed E-state index contributed by atoms with van der Waals surface area (Å²) in [5.41, 5.74) is 1.51. The molecule has 2 amide bonds. The van der Waals surface area contributed by atoms with Gasteiger partial charge in [-0.15, -0.1) is 0 Å². The van der Waals surface area contributed by atoms with Gasteiger partial charge >= 0.3 is 0 Å². The summed E-state index contributed by atoms with van der Waals surface area (Å²) < 4.78 is 5.30. The van der Waals surface area contributed by atoms with Crippen molar-refractivity contribution in [3.63, 3.8) is 0 Å². The van der Waals surface area contributed by atoms with E-state index in [1.807, 2.05) is 12.1 Å². The van der Waals surface area contributed by atoms with E-state index in [1.54, 1.807) is 24.3 Å². The molecule has 4 nitrogen and oxygen atoms in total. The van der Waals surface area contributed by atoms with Crippen LogP contribution < -0.4 is 10.1 Å². The van der Waals surface area contributed by atoms with Gasteiger partial charge in [-0.3, -0.25) is 14.9 Å². The summed E-state index contributed by atoms with van der Waals surface area (Å²) in [5.74, 6) is -0.713. The van der Waals surface area contributed by atoms with Crippen LogP contribution in [-0.4, -0.2) is 18.4 Å². The number of halogens is 2. The molecule has 0 atom stereocenters. The second-order valence-electron chi connectivity index (χ2n) is 6.57. The van der Waals surface area contributed by atoms with Crippen molar-refractivity contribution in [2.75, 3.05) is 6.61 Å². The minimum atomic E-state index is -0.559. The fourth-order valence-electron chi connectivity index (χ4n) is 2.09. The smallest absolute Gasteiger partial charge is 0.264 e. The number of ether oxygens (including phenoxy) is 1. The molecule has 0 bridgehead atoms. The number of hydrogen-bond acceptors (Lipinski definition) is 3. The molecule has 0 aliphatic heterocycles. The normalized spacial score (nSPS) is 11.1. The van der Waals surface area contributed by atoms with E-state index in [4.69, 9.17) is 27.9 Å². The van der Waals surface area contributed by atoms with Crippen LogP contribution in [0.3, 0.4) is 0 Å². The number of amides is 2. The zero-order valence-corrected chi connectivity index (χ0v) is 15.7. The van der Waals surface area contributed by atoms with Gasteiger partial charge in [0.1, 0.15) is 5.75 Å². The molecule has 0 fully saturated rings. The Morgan fingerprint density at radius 1 is 1.04 bits per heavy atom. The first-order valence-electron chi connectivity index (χ1n) is 7.69. The predicted molar refractivity (Wildman–Crippen MR) is 99.6 cm³/mol. The molecule has 6 heteroatoms. The Morgan fingerprint density at radius 2 is 1.68 bits per heavy atom. The molecule has 0 saturated heterocycles. The number of carbonyl (C=O) groups is 2.